The maximum absolute atomic E-state index is 11.7. The second-order valence-electron chi connectivity index (χ2n) is 4.18. The molecule has 0 saturated carbocycles. The Balaban J connectivity index is 2.45. The van der Waals surface area contributed by atoms with E-state index in [2.05, 4.69) is 5.32 Å². The molecule has 0 aromatic heterocycles. The summed E-state index contributed by atoms with van der Waals surface area (Å²) in [7, 11) is 1.62. The van der Waals surface area contributed by atoms with Gasteiger partial charge in [-0.3, -0.25) is 4.79 Å². The molecule has 5 heteroatoms. The molecule has 1 aromatic carbocycles. The highest BCUT2D eigenvalue weighted by Gasteiger charge is 2.09. The SMILES string of the molecule is COCC(C)NC(=O)CSc1cccc(N)c1C. The lowest BCUT2D eigenvalue weighted by Crippen LogP contribution is -2.36. The summed E-state index contributed by atoms with van der Waals surface area (Å²) in [6, 6.07) is 5.77. The Morgan fingerprint density at radius 1 is 1.56 bits per heavy atom. The molecule has 0 aliphatic carbocycles. The first-order valence-corrected chi connectivity index (χ1v) is 6.79. The number of anilines is 1. The van der Waals surface area contributed by atoms with Gasteiger partial charge < -0.3 is 15.8 Å². The van der Waals surface area contributed by atoms with Gasteiger partial charge >= 0.3 is 0 Å². The quantitative estimate of drug-likeness (QED) is 0.610. The van der Waals surface area contributed by atoms with Crippen molar-refractivity contribution < 1.29 is 9.53 Å². The normalized spacial score (nSPS) is 12.2. The summed E-state index contributed by atoms with van der Waals surface area (Å²) in [5.74, 6) is 0.393. The smallest absolute Gasteiger partial charge is 0.230 e. The first kappa shape index (κ1) is 14.9. The van der Waals surface area contributed by atoms with E-state index in [-0.39, 0.29) is 11.9 Å². The number of methoxy groups -OCH3 is 1. The molecule has 0 spiro atoms. The number of nitrogen functional groups attached to an aromatic ring is 1. The lowest BCUT2D eigenvalue weighted by molar-refractivity contribution is -0.119. The third-order valence-corrected chi connectivity index (χ3v) is 3.67. The van der Waals surface area contributed by atoms with Crippen LogP contribution in [0.25, 0.3) is 0 Å². The summed E-state index contributed by atoms with van der Waals surface area (Å²) < 4.78 is 4.96. The minimum atomic E-state index is 0.00590. The molecule has 1 atom stereocenters. The van der Waals surface area contributed by atoms with Gasteiger partial charge in [-0.2, -0.15) is 0 Å². The van der Waals surface area contributed by atoms with E-state index in [1.54, 1.807) is 7.11 Å². The van der Waals surface area contributed by atoms with Gasteiger partial charge in [-0.1, -0.05) is 6.07 Å². The highest BCUT2D eigenvalue weighted by molar-refractivity contribution is 8.00. The number of nitrogens with one attached hydrogen (secondary N) is 1. The van der Waals surface area contributed by atoms with Crippen LogP contribution in [0.15, 0.2) is 23.1 Å². The van der Waals surface area contributed by atoms with Crippen molar-refractivity contribution in [1.82, 2.24) is 5.32 Å². The molecule has 0 radical (unpaired) electrons. The van der Waals surface area contributed by atoms with Crippen molar-refractivity contribution in [2.75, 3.05) is 25.2 Å². The van der Waals surface area contributed by atoms with Crippen molar-refractivity contribution in [2.24, 2.45) is 0 Å². The molecule has 1 rings (SSSR count). The van der Waals surface area contributed by atoms with E-state index in [0.29, 0.717) is 12.4 Å². The minimum absolute atomic E-state index is 0.00590. The summed E-state index contributed by atoms with van der Waals surface area (Å²) in [5, 5.41) is 2.87. The van der Waals surface area contributed by atoms with Crippen LogP contribution in [0.1, 0.15) is 12.5 Å². The predicted octanol–water partition coefficient (Wildman–Crippen LogP) is 1.82. The van der Waals surface area contributed by atoms with Crippen molar-refractivity contribution in [1.29, 1.82) is 0 Å². The summed E-state index contributed by atoms with van der Waals surface area (Å²) in [5.41, 5.74) is 7.60. The summed E-state index contributed by atoms with van der Waals surface area (Å²) in [4.78, 5) is 12.7. The van der Waals surface area contributed by atoms with Crippen molar-refractivity contribution in [3.63, 3.8) is 0 Å². The van der Waals surface area contributed by atoms with Crippen LogP contribution in [0.3, 0.4) is 0 Å². The maximum Gasteiger partial charge on any atom is 0.230 e. The number of nitrogens with two attached hydrogens (primary N) is 1. The van der Waals surface area contributed by atoms with Gasteiger partial charge in [0, 0.05) is 23.7 Å². The topological polar surface area (TPSA) is 64.3 Å². The molecule has 18 heavy (non-hydrogen) atoms. The Morgan fingerprint density at radius 2 is 2.28 bits per heavy atom. The van der Waals surface area contributed by atoms with Crippen molar-refractivity contribution in [3.8, 4) is 0 Å². The van der Waals surface area contributed by atoms with Gasteiger partial charge in [0.1, 0.15) is 0 Å². The molecule has 0 aliphatic heterocycles. The van der Waals surface area contributed by atoms with E-state index < -0.39 is 0 Å². The summed E-state index contributed by atoms with van der Waals surface area (Å²) in [6.07, 6.45) is 0. The molecule has 1 aromatic rings. The molecule has 100 valence electrons. The fourth-order valence-electron chi connectivity index (χ4n) is 1.54. The monoisotopic (exact) mass is 268 g/mol. The number of carbonyl (C=O) groups is 1. The molecule has 0 fully saturated rings. The lowest BCUT2D eigenvalue weighted by Gasteiger charge is -2.13. The van der Waals surface area contributed by atoms with Crippen LogP contribution in [-0.2, 0) is 9.53 Å². The molecule has 4 nitrogen and oxygen atoms in total. The number of hydrogen-bond donors (Lipinski definition) is 2. The number of rotatable bonds is 6. The van der Waals surface area contributed by atoms with E-state index in [1.807, 2.05) is 32.0 Å². The average Bonchev–Trinajstić information content (AvgIpc) is 2.31. The van der Waals surface area contributed by atoms with Crippen molar-refractivity contribution in [3.05, 3.63) is 23.8 Å². The fraction of sp³-hybridized carbons (Fsp3) is 0.462. The van der Waals surface area contributed by atoms with Crippen LogP contribution >= 0.6 is 11.8 Å². The van der Waals surface area contributed by atoms with Crippen LogP contribution in [0.5, 0.6) is 0 Å². The van der Waals surface area contributed by atoms with Crippen molar-refractivity contribution >= 4 is 23.4 Å². The van der Waals surface area contributed by atoms with Gasteiger partial charge in [0.15, 0.2) is 0 Å². The van der Waals surface area contributed by atoms with Gasteiger partial charge in [0.25, 0.3) is 0 Å². The molecule has 0 bridgehead atoms. The summed E-state index contributed by atoms with van der Waals surface area (Å²) in [6.45, 7) is 4.40. The first-order chi connectivity index (χ1) is 8.54. The molecule has 0 saturated heterocycles. The van der Waals surface area contributed by atoms with E-state index >= 15 is 0 Å². The van der Waals surface area contributed by atoms with E-state index in [0.717, 1.165) is 16.1 Å². The molecule has 1 amide bonds. The molecular formula is C13H20N2O2S. The third kappa shape index (κ3) is 4.58. The Bertz CT molecular complexity index is 410. The van der Waals surface area contributed by atoms with Gasteiger partial charge in [-0.15, -0.1) is 11.8 Å². The second-order valence-corrected chi connectivity index (χ2v) is 5.20. The zero-order valence-electron chi connectivity index (χ0n) is 11.0. The van der Waals surface area contributed by atoms with Gasteiger partial charge in [-0.25, -0.2) is 0 Å². The highest BCUT2D eigenvalue weighted by atomic mass is 32.2. The Kier molecular flexibility index (Phi) is 6.01. The second kappa shape index (κ2) is 7.28. The minimum Gasteiger partial charge on any atom is -0.398 e. The largest absolute Gasteiger partial charge is 0.398 e. The molecule has 1 unspecified atom stereocenters. The Labute approximate surface area is 112 Å². The number of thioether (sulfide) groups is 1. The molecular weight excluding hydrogens is 248 g/mol. The van der Waals surface area contributed by atoms with Gasteiger partial charge in [0.05, 0.1) is 12.4 Å². The number of ether oxygens (including phenoxy) is 1. The molecule has 0 heterocycles. The van der Waals surface area contributed by atoms with E-state index in [1.165, 1.54) is 11.8 Å². The zero-order valence-corrected chi connectivity index (χ0v) is 11.8. The fourth-order valence-corrected chi connectivity index (χ4v) is 2.42. The highest BCUT2D eigenvalue weighted by Crippen LogP contribution is 2.25. The number of benzene rings is 1. The lowest BCUT2D eigenvalue weighted by atomic mass is 10.2. The third-order valence-electron chi connectivity index (χ3n) is 2.51. The van der Waals surface area contributed by atoms with E-state index in [4.69, 9.17) is 10.5 Å². The maximum atomic E-state index is 11.7. The average molecular weight is 268 g/mol. The molecule has 0 aliphatic rings. The number of amides is 1. The van der Waals surface area contributed by atoms with Crippen LogP contribution < -0.4 is 11.1 Å². The Morgan fingerprint density at radius 3 is 2.94 bits per heavy atom. The van der Waals surface area contributed by atoms with Crippen LogP contribution in [0.2, 0.25) is 0 Å². The molecule has 3 N–H and O–H groups in total. The Hall–Kier alpha value is -1.20. The standard InChI is InChI=1S/C13H20N2O2S/c1-9(7-17-3)15-13(16)8-18-12-6-4-5-11(14)10(12)2/h4-6,9H,7-8,14H2,1-3H3,(H,15,16). The number of hydrogen-bond acceptors (Lipinski definition) is 4. The van der Waals surface area contributed by atoms with Crippen LogP contribution in [-0.4, -0.2) is 31.4 Å². The number of carbonyl (C=O) groups excluding carboxylic acids is 1. The first-order valence-electron chi connectivity index (χ1n) is 5.80. The van der Waals surface area contributed by atoms with Crippen molar-refractivity contribution in [2.45, 2.75) is 24.8 Å². The summed E-state index contributed by atoms with van der Waals surface area (Å²) >= 11 is 1.50. The van der Waals surface area contributed by atoms with Gasteiger partial charge in [0.2, 0.25) is 5.91 Å². The van der Waals surface area contributed by atoms with E-state index in [9.17, 15) is 4.79 Å². The van der Waals surface area contributed by atoms with Crippen LogP contribution in [0, 0.1) is 6.92 Å². The van der Waals surface area contributed by atoms with Gasteiger partial charge in [-0.05, 0) is 31.5 Å². The predicted molar refractivity (Wildman–Crippen MR) is 75.8 cm³/mol. The zero-order chi connectivity index (χ0) is 13.5. The van der Waals surface area contributed by atoms with Crippen LogP contribution in [0.4, 0.5) is 5.69 Å².